The number of hydrogen-bond acceptors (Lipinski definition) is 8. The van der Waals surface area contributed by atoms with Gasteiger partial charge in [-0.2, -0.15) is 15.0 Å². The van der Waals surface area contributed by atoms with Crippen LogP contribution in [0.25, 0.3) is 12.2 Å². The monoisotopic (exact) mass is 354 g/mol. The Morgan fingerprint density at radius 2 is 1.88 bits per heavy atom. The lowest BCUT2D eigenvalue weighted by molar-refractivity contribution is 0.914. The Kier molecular flexibility index (Phi) is 5.24. The van der Waals surface area contributed by atoms with Crippen molar-refractivity contribution in [1.82, 2.24) is 30.1 Å². The summed E-state index contributed by atoms with van der Waals surface area (Å²) in [5.41, 5.74) is 6.82. The minimum absolute atomic E-state index is 0.204. The van der Waals surface area contributed by atoms with Gasteiger partial charge in [-0.15, -0.1) is 5.10 Å². The van der Waals surface area contributed by atoms with Crippen LogP contribution in [-0.2, 0) is 5.75 Å². The largest absolute Gasteiger partial charge is 0.368 e. The van der Waals surface area contributed by atoms with Crippen molar-refractivity contribution >= 4 is 35.8 Å². The Morgan fingerprint density at radius 1 is 1.08 bits per heavy atom. The molecule has 0 aliphatic rings. The van der Waals surface area contributed by atoms with Crippen molar-refractivity contribution in [2.75, 3.05) is 24.7 Å². The van der Waals surface area contributed by atoms with Crippen LogP contribution in [0.5, 0.6) is 0 Å². The highest BCUT2D eigenvalue weighted by molar-refractivity contribution is 7.98. The molecule has 0 bridgehead atoms. The first-order chi connectivity index (χ1) is 12.1. The van der Waals surface area contributed by atoms with E-state index in [0.29, 0.717) is 28.5 Å². The maximum absolute atomic E-state index is 5.72. The SMILES string of the molecule is CN(C)c1nc(N)nc(CSc2n[nH]c(/C=C/c3ccccc3)n2)n1. The zero-order valence-corrected chi connectivity index (χ0v) is 14.7. The second kappa shape index (κ2) is 7.75. The average molecular weight is 354 g/mol. The van der Waals surface area contributed by atoms with Crippen molar-refractivity contribution in [3.63, 3.8) is 0 Å². The molecule has 1 aromatic carbocycles. The van der Waals surface area contributed by atoms with Crippen LogP contribution in [-0.4, -0.2) is 44.2 Å². The van der Waals surface area contributed by atoms with Crippen LogP contribution in [0.15, 0.2) is 35.5 Å². The van der Waals surface area contributed by atoms with E-state index in [1.807, 2.05) is 56.6 Å². The van der Waals surface area contributed by atoms with Gasteiger partial charge in [-0.25, -0.2) is 4.98 Å². The van der Waals surface area contributed by atoms with Crippen LogP contribution in [0.2, 0.25) is 0 Å². The van der Waals surface area contributed by atoms with E-state index in [-0.39, 0.29) is 5.95 Å². The van der Waals surface area contributed by atoms with Crippen molar-refractivity contribution in [3.05, 3.63) is 47.5 Å². The Hall–Kier alpha value is -2.94. The Balaban J connectivity index is 1.63. The number of rotatable bonds is 6. The van der Waals surface area contributed by atoms with Gasteiger partial charge in [0.25, 0.3) is 0 Å². The number of nitrogens with two attached hydrogens (primary N) is 1. The summed E-state index contributed by atoms with van der Waals surface area (Å²) in [5.74, 6) is 2.52. The second-order valence-electron chi connectivity index (χ2n) is 5.34. The van der Waals surface area contributed by atoms with Gasteiger partial charge in [-0.3, -0.25) is 5.10 Å². The smallest absolute Gasteiger partial charge is 0.229 e. The van der Waals surface area contributed by atoms with Gasteiger partial charge in [0.2, 0.25) is 17.1 Å². The third-order valence-electron chi connectivity index (χ3n) is 3.13. The lowest BCUT2D eigenvalue weighted by Crippen LogP contribution is -2.15. The van der Waals surface area contributed by atoms with Gasteiger partial charge in [0.1, 0.15) is 11.6 Å². The zero-order chi connectivity index (χ0) is 17.6. The van der Waals surface area contributed by atoms with E-state index < -0.39 is 0 Å². The van der Waals surface area contributed by atoms with Crippen LogP contribution in [0.4, 0.5) is 11.9 Å². The van der Waals surface area contributed by atoms with Gasteiger partial charge in [0.05, 0.1) is 5.75 Å². The fourth-order valence-corrected chi connectivity index (χ4v) is 2.62. The number of nitrogen functional groups attached to an aromatic ring is 1. The minimum atomic E-state index is 0.204. The summed E-state index contributed by atoms with van der Waals surface area (Å²) in [6.07, 6.45) is 3.86. The van der Waals surface area contributed by atoms with E-state index in [0.717, 1.165) is 5.56 Å². The molecular weight excluding hydrogens is 336 g/mol. The van der Waals surface area contributed by atoms with Crippen molar-refractivity contribution in [3.8, 4) is 0 Å². The molecule has 3 N–H and O–H groups in total. The summed E-state index contributed by atoms with van der Waals surface area (Å²) in [6, 6.07) is 10.0. The normalized spacial score (nSPS) is 11.1. The van der Waals surface area contributed by atoms with Gasteiger partial charge in [0, 0.05) is 14.1 Å². The molecule has 0 amide bonds. The molecule has 0 atom stereocenters. The molecule has 0 saturated carbocycles. The zero-order valence-electron chi connectivity index (χ0n) is 13.9. The van der Waals surface area contributed by atoms with Gasteiger partial charge >= 0.3 is 0 Å². The molecule has 0 spiro atoms. The fraction of sp³-hybridized carbons (Fsp3) is 0.188. The van der Waals surface area contributed by atoms with E-state index in [9.17, 15) is 0 Å². The number of hydrogen-bond donors (Lipinski definition) is 2. The van der Waals surface area contributed by atoms with Crippen molar-refractivity contribution in [2.45, 2.75) is 10.9 Å². The number of aromatic nitrogens is 6. The average Bonchev–Trinajstić information content (AvgIpc) is 3.06. The molecular formula is C16H18N8S. The Bertz CT molecular complexity index is 860. The number of nitrogens with one attached hydrogen (secondary N) is 1. The lowest BCUT2D eigenvalue weighted by Gasteiger charge is -2.10. The van der Waals surface area contributed by atoms with Gasteiger partial charge in [-0.1, -0.05) is 48.2 Å². The summed E-state index contributed by atoms with van der Waals surface area (Å²) in [4.78, 5) is 18.8. The number of thioether (sulfide) groups is 1. The Labute approximate surface area is 149 Å². The number of H-pyrrole nitrogens is 1. The van der Waals surface area contributed by atoms with Crippen molar-refractivity contribution in [2.24, 2.45) is 0 Å². The highest BCUT2D eigenvalue weighted by Gasteiger charge is 2.08. The highest BCUT2D eigenvalue weighted by atomic mass is 32.2. The standard InChI is InChI=1S/C16H18N8S/c1-24(2)15-19-13(18-14(17)21-15)10-25-16-20-12(22-23-16)9-8-11-6-4-3-5-7-11/h3-9H,10H2,1-2H3,(H,20,22,23)(H2,17,18,19,21)/b9-8+. The third kappa shape index (κ3) is 4.77. The molecule has 0 saturated heterocycles. The maximum Gasteiger partial charge on any atom is 0.229 e. The van der Waals surface area contributed by atoms with Crippen LogP contribution in [0, 0.1) is 0 Å². The van der Waals surface area contributed by atoms with Crippen LogP contribution in [0.3, 0.4) is 0 Å². The van der Waals surface area contributed by atoms with Crippen LogP contribution in [0.1, 0.15) is 17.2 Å². The summed E-state index contributed by atoms with van der Waals surface area (Å²) < 4.78 is 0. The van der Waals surface area contributed by atoms with Crippen molar-refractivity contribution < 1.29 is 0 Å². The van der Waals surface area contributed by atoms with E-state index in [4.69, 9.17) is 5.73 Å². The minimum Gasteiger partial charge on any atom is -0.368 e. The molecule has 0 fully saturated rings. The van der Waals surface area contributed by atoms with Gasteiger partial charge in [-0.05, 0) is 11.6 Å². The summed E-state index contributed by atoms with van der Waals surface area (Å²) in [6.45, 7) is 0. The molecule has 25 heavy (non-hydrogen) atoms. The molecule has 2 heterocycles. The third-order valence-corrected chi connectivity index (χ3v) is 3.98. The molecule has 8 nitrogen and oxygen atoms in total. The number of aromatic amines is 1. The first-order valence-electron chi connectivity index (χ1n) is 7.56. The molecule has 0 aliphatic heterocycles. The molecule has 128 valence electrons. The molecule has 0 radical (unpaired) electrons. The fourth-order valence-electron chi connectivity index (χ4n) is 1.96. The molecule has 3 aromatic rings. The van der Waals surface area contributed by atoms with E-state index >= 15 is 0 Å². The lowest BCUT2D eigenvalue weighted by atomic mass is 10.2. The molecule has 0 unspecified atom stereocenters. The van der Waals surface area contributed by atoms with E-state index in [1.54, 1.807) is 4.90 Å². The van der Waals surface area contributed by atoms with Crippen LogP contribution >= 0.6 is 11.8 Å². The maximum atomic E-state index is 5.72. The quantitative estimate of drug-likeness (QED) is 0.648. The predicted octanol–water partition coefficient (Wildman–Crippen LogP) is 2.10. The number of benzene rings is 1. The molecule has 9 heteroatoms. The van der Waals surface area contributed by atoms with E-state index in [2.05, 4.69) is 30.1 Å². The summed E-state index contributed by atoms with van der Waals surface area (Å²) >= 11 is 1.43. The summed E-state index contributed by atoms with van der Waals surface area (Å²) in [5, 5.41) is 7.71. The first kappa shape index (κ1) is 16.9. The molecule has 3 rings (SSSR count). The molecule has 0 aliphatic carbocycles. The van der Waals surface area contributed by atoms with Gasteiger partial charge < -0.3 is 10.6 Å². The predicted molar refractivity (Wildman–Crippen MR) is 99.9 cm³/mol. The van der Waals surface area contributed by atoms with Crippen molar-refractivity contribution in [1.29, 1.82) is 0 Å². The number of anilines is 2. The molecule has 2 aromatic heterocycles. The topological polar surface area (TPSA) is 110 Å². The summed E-state index contributed by atoms with van der Waals surface area (Å²) in [7, 11) is 3.71. The Morgan fingerprint density at radius 3 is 2.64 bits per heavy atom. The number of nitrogens with zero attached hydrogens (tertiary/aromatic N) is 6. The van der Waals surface area contributed by atoms with Crippen LogP contribution < -0.4 is 10.6 Å². The second-order valence-corrected chi connectivity index (χ2v) is 6.28. The van der Waals surface area contributed by atoms with Gasteiger partial charge in [0.15, 0.2) is 0 Å². The highest BCUT2D eigenvalue weighted by Crippen LogP contribution is 2.19. The first-order valence-corrected chi connectivity index (χ1v) is 8.55. The van der Waals surface area contributed by atoms with E-state index in [1.165, 1.54) is 11.8 Å².